The van der Waals surface area contributed by atoms with Crippen LogP contribution in [0.3, 0.4) is 0 Å². The van der Waals surface area contributed by atoms with Gasteiger partial charge in [-0.2, -0.15) is 5.10 Å². The van der Waals surface area contributed by atoms with Gasteiger partial charge in [-0.3, -0.25) is 19.3 Å². The van der Waals surface area contributed by atoms with E-state index in [0.717, 1.165) is 11.1 Å². The lowest BCUT2D eigenvalue weighted by atomic mass is 10.1. The summed E-state index contributed by atoms with van der Waals surface area (Å²) in [6.07, 6.45) is 0.219. The van der Waals surface area contributed by atoms with Crippen LogP contribution >= 0.6 is 12.2 Å². The topological polar surface area (TPSA) is 91.8 Å². The Morgan fingerprint density at radius 2 is 1.93 bits per heavy atom. The number of hydrogen-bond acceptors (Lipinski definition) is 4. The van der Waals surface area contributed by atoms with Crippen LogP contribution in [0.5, 0.6) is 0 Å². The summed E-state index contributed by atoms with van der Waals surface area (Å²) in [5.41, 5.74) is 3.14. The molecule has 0 aliphatic rings. The van der Waals surface area contributed by atoms with Crippen molar-refractivity contribution in [3.63, 3.8) is 0 Å². The highest BCUT2D eigenvalue weighted by atomic mass is 32.1. The number of benzene rings is 2. The van der Waals surface area contributed by atoms with E-state index in [1.54, 1.807) is 35.9 Å². The van der Waals surface area contributed by atoms with Gasteiger partial charge in [-0.25, -0.2) is 0 Å². The van der Waals surface area contributed by atoms with Crippen molar-refractivity contribution >= 4 is 29.7 Å². The van der Waals surface area contributed by atoms with Crippen molar-refractivity contribution in [3.8, 4) is 11.4 Å². The number of nitrogens with one attached hydrogen (secondary N) is 3. The molecule has 2 aromatic carbocycles. The molecule has 0 radical (unpaired) electrons. The second kappa shape index (κ2) is 8.62. The summed E-state index contributed by atoms with van der Waals surface area (Å²) in [6, 6.07) is 14.7. The predicted octanol–water partition coefficient (Wildman–Crippen LogP) is 3.30. The van der Waals surface area contributed by atoms with E-state index in [2.05, 4.69) is 20.8 Å². The molecule has 0 aliphatic carbocycles. The van der Waals surface area contributed by atoms with Crippen LogP contribution in [0, 0.1) is 11.7 Å². The Hall–Kier alpha value is -3.26. The zero-order chi connectivity index (χ0) is 20.1. The maximum Gasteiger partial charge on any atom is 0.251 e. The van der Waals surface area contributed by atoms with Gasteiger partial charge in [0.1, 0.15) is 0 Å². The molecule has 2 amide bonds. The lowest BCUT2D eigenvalue weighted by molar-refractivity contribution is -0.116. The molecule has 8 heteroatoms. The number of rotatable bonds is 6. The third-order valence-corrected chi connectivity index (χ3v) is 4.58. The first kappa shape index (κ1) is 19.5. The number of aryl methyl sites for hydroxylation is 1. The summed E-state index contributed by atoms with van der Waals surface area (Å²) >= 11 is 5.31. The summed E-state index contributed by atoms with van der Waals surface area (Å²) in [6.45, 7) is 2.41. The van der Waals surface area contributed by atoms with E-state index in [1.807, 2.05) is 31.2 Å². The first-order chi connectivity index (χ1) is 13.5. The molecule has 0 atom stereocenters. The average Bonchev–Trinajstić information content (AvgIpc) is 3.07. The van der Waals surface area contributed by atoms with E-state index in [-0.39, 0.29) is 18.2 Å². The van der Waals surface area contributed by atoms with Crippen molar-refractivity contribution in [2.75, 3.05) is 12.4 Å². The van der Waals surface area contributed by atoms with Crippen molar-refractivity contribution < 1.29 is 9.59 Å². The SMILES string of the molecule is CNC(=O)c1cccc(NC(=O)CCn2c(-c3ccc(C)cc3)n[nH]c2=S)c1. The highest BCUT2D eigenvalue weighted by molar-refractivity contribution is 7.71. The van der Waals surface area contributed by atoms with Crippen molar-refractivity contribution in [1.82, 2.24) is 20.1 Å². The highest BCUT2D eigenvalue weighted by Gasteiger charge is 2.11. The Morgan fingerprint density at radius 1 is 1.18 bits per heavy atom. The Labute approximate surface area is 167 Å². The number of aromatic nitrogens is 3. The fourth-order valence-corrected chi connectivity index (χ4v) is 2.99. The second-order valence-corrected chi connectivity index (χ2v) is 6.71. The van der Waals surface area contributed by atoms with Gasteiger partial charge in [0.25, 0.3) is 5.91 Å². The Kier molecular flexibility index (Phi) is 6.00. The molecular weight excluding hydrogens is 374 g/mol. The van der Waals surface area contributed by atoms with E-state index < -0.39 is 0 Å². The van der Waals surface area contributed by atoms with Crippen LogP contribution in [-0.2, 0) is 11.3 Å². The van der Waals surface area contributed by atoms with Gasteiger partial charge in [0.2, 0.25) is 5.91 Å². The normalized spacial score (nSPS) is 10.5. The number of amides is 2. The number of carbonyl (C=O) groups is 2. The van der Waals surface area contributed by atoms with Crippen LogP contribution in [0.2, 0.25) is 0 Å². The minimum Gasteiger partial charge on any atom is -0.355 e. The van der Waals surface area contributed by atoms with Gasteiger partial charge in [-0.1, -0.05) is 35.9 Å². The molecule has 7 nitrogen and oxygen atoms in total. The molecule has 144 valence electrons. The lowest BCUT2D eigenvalue weighted by Crippen LogP contribution is -2.19. The van der Waals surface area contributed by atoms with Crippen LogP contribution in [0.4, 0.5) is 5.69 Å². The highest BCUT2D eigenvalue weighted by Crippen LogP contribution is 2.18. The third kappa shape index (κ3) is 4.52. The zero-order valence-electron chi connectivity index (χ0n) is 15.7. The van der Waals surface area contributed by atoms with Gasteiger partial charge in [-0.05, 0) is 37.3 Å². The van der Waals surface area contributed by atoms with Gasteiger partial charge in [0.15, 0.2) is 10.6 Å². The first-order valence-electron chi connectivity index (χ1n) is 8.82. The standard InChI is InChI=1S/C20H21N5O2S/c1-13-6-8-14(9-7-13)18-23-24-20(28)25(18)11-10-17(26)22-16-5-3-4-15(12-16)19(27)21-2/h3-9,12H,10-11H2,1-2H3,(H,21,27)(H,22,26)(H,24,28). The van der Waals surface area contributed by atoms with E-state index in [9.17, 15) is 9.59 Å². The van der Waals surface area contributed by atoms with Crippen molar-refractivity contribution in [1.29, 1.82) is 0 Å². The van der Waals surface area contributed by atoms with Gasteiger partial charge in [-0.15, -0.1) is 0 Å². The molecule has 0 spiro atoms. The largest absolute Gasteiger partial charge is 0.355 e. The Balaban J connectivity index is 1.69. The maximum atomic E-state index is 12.4. The van der Waals surface area contributed by atoms with Crippen LogP contribution in [0.15, 0.2) is 48.5 Å². The molecule has 1 aromatic heterocycles. The molecule has 3 N–H and O–H groups in total. The molecule has 0 bridgehead atoms. The monoisotopic (exact) mass is 395 g/mol. The van der Waals surface area contributed by atoms with Crippen molar-refractivity contribution in [3.05, 3.63) is 64.4 Å². The number of H-pyrrole nitrogens is 1. The van der Waals surface area contributed by atoms with Crippen LogP contribution < -0.4 is 10.6 Å². The van der Waals surface area contributed by atoms with E-state index in [0.29, 0.717) is 28.4 Å². The first-order valence-corrected chi connectivity index (χ1v) is 9.23. The molecule has 3 aromatic rings. The third-order valence-electron chi connectivity index (χ3n) is 4.27. The predicted molar refractivity (Wildman–Crippen MR) is 111 cm³/mol. The Morgan fingerprint density at radius 3 is 2.64 bits per heavy atom. The molecular formula is C20H21N5O2S. The van der Waals surface area contributed by atoms with Crippen molar-refractivity contribution in [2.45, 2.75) is 19.9 Å². The zero-order valence-corrected chi connectivity index (χ0v) is 16.5. The van der Waals surface area contributed by atoms with Crippen LogP contribution in [0.1, 0.15) is 22.3 Å². The second-order valence-electron chi connectivity index (χ2n) is 6.33. The van der Waals surface area contributed by atoms with E-state index >= 15 is 0 Å². The average molecular weight is 395 g/mol. The van der Waals surface area contributed by atoms with Crippen molar-refractivity contribution in [2.24, 2.45) is 0 Å². The fraction of sp³-hybridized carbons (Fsp3) is 0.200. The summed E-state index contributed by atoms with van der Waals surface area (Å²) in [7, 11) is 1.56. The Bertz CT molecular complexity index is 1050. The van der Waals surface area contributed by atoms with E-state index in [4.69, 9.17) is 12.2 Å². The number of hydrogen-bond donors (Lipinski definition) is 3. The molecule has 28 heavy (non-hydrogen) atoms. The molecule has 1 heterocycles. The number of carbonyl (C=O) groups excluding carboxylic acids is 2. The lowest BCUT2D eigenvalue weighted by Gasteiger charge is -2.09. The van der Waals surface area contributed by atoms with Gasteiger partial charge in [0.05, 0.1) is 0 Å². The minimum atomic E-state index is -0.205. The van der Waals surface area contributed by atoms with Gasteiger partial charge >= 0.3 is 0 Å². The minimum absolute atomic E-state index is 0.174. The summed E-state index contributed by atoms with van der Waals surface area (Å²) in [4.78, 5) is 24.1. The van der Waals surface area contributed by atoms with E-state index in [1.165, 1.54) is 0 Å². The quantitative estimate of drug-likeness (QED) is 0.559. The smallest absolute Gasteiger partial charge is 0.251 e. The molecule has 0 saturated heterocycles. The number of anilines is 1. The molecule has 0 unspecified atom stereocenters. The van der Waals surface area contributed by atoms with Crippen LogP contribution in [-0.4, -0.2) is 33.6 Å². The van der Waals surface area contributed by atoms with Gasteiger partial charge < -0.3 is 10.6 Å². The molecule has 0 saturated carbocycles. The fourth-order valence-electron chi connectivity index (χ4n) is 2.77. The maximum absolute atomic E-state index is 12.4. The van der Waals surface area contributed by atoms with Gasteiger partial charge in [0, 0.05) is 36.8 Å². The molecule has 0 aliphatic heterocycles. The summed E-state index contributed by atoms with van der Waals surface area (Å²) < 4.78 is 2.27. The summed E-state index contributed by atoms with van der Waals surface area (Å²) in [5.74, 6) is 0.315. The van der Waals surface area contributed by atoms with Crippen LogP contribution in [0.25, 0.3) is 11.4 Å². The summed E-state index contributed by atoms with van der Waals surface area (Å²) in [5, 5.41) is 12.5. The molecule has 0 fully saturated rings. The number of nitrogens with zero attached hydrogens (tertiary/aromatic N) is 2. The number of aromatic amines is 1. The molecule has 3 rings (SSSR count).